The van der Waals surface area contributed by atoms with Crippen LogP contribution in [0.2, 0.25) is 0 Å². The Labute approximate surface area is 265 Å². The van der Waals surface area contributed by atoms with Crippen LogP contribution >= 0.6 is 0 Å². The number of ether oxygens (including phenoxy) is 2. The molecule has 2 aliphatic rings. The van der Waals surface area contributed by atoms with Gasteiger partial charge in [-0.15, -0.1) is 12.8 Å². The molecule has 12 nitrogen and oxygen atoms in total. The van der Waals surface area contributed by atoms with Crippen LogP contribution in [0.15, 0.2) is 48.8 Å². The number of nitrogens with one attached hydrogen (secondary N) is 1. The standard InChI is InChI=1S/C28H31N7O4.C2H6.C2H2.CH4O/c1-19(36)27(37)35-10-8-24(9-11-35)39-25-7-2-20(16-21(25)17-29)26-30-18-31-28(33-26)32-22-3-5-23(6-4-22)34-12-14-38-15-13-34;3*1-2/h2-7,16,18-19,24,36H,8-15H2,1H3,(H,30,31,32,33);1-2H3;1-2H;2H,1H3/t19-;;;/m0.../s1. The number of benzene rings is 2. The van der Waals surface area contributed by atoms with Crippen molar-refractivity contribution in [3.05, 3.63) is 54.4 Å². The molecule has 3 N–H and O–H groups in total. The predicted molar refractivity (Wildman–Crippen MR) is 174 cm³/mol. The maximum atomic E-state index is 12.0. The topological polar surface area (TPSA) is 157 Å². The normalized spacial score (nSPS) is 14.9. The van der Waals surface area contributed by atoms with Crippen molar-refractivity contribution in [2.75, 3.05) is 56.7 Å². The van der Waals surface area contributed by atoms with Gasteiger partial charge in [0.15, 0.2) is 5.82 Å². The van der Waals surface area contributed by atoms with E-state index in [0.29, 0.717) is 54.6 Å². The number of amides is 1. The number of rotatable bonds is 7. The summed E-state index contributed by atoms with van der Waals surface area (Å²) in [4.78, 5) is 29.0. The third kappa shape index (κ3) is 10.4. The number of hydrogen-bond donors (Lipinski definition) is 3. The first kappa shape index (κ1) is 36.4. The van der Waals surface area contributed by atoms with E-state index in [4.69, 9.17) is 14.6 Å². The smallest absolute Gasteiger partial charge is 0.251 e. The van der Waals surface area contributed by atoms with Crippen LogP contribution in [0.25, 0.3) is 11.4 Å². The van der Waals surface area contributed by atoms with Crippen LogP contribution in [0, 0.1) is 24.2 Å². The van der Waals surface area contributed by atoms with E-state index in [1.54, 1.807) is 17.0 Å². The summed E-state index contributed by atoms with van der Waals surface area (Å²) >= 11 is 0. The van der Waals surface area contributed by atoms with Gasteiger partial charge in [-0.2, -0.15) is 10.2 Å². The number of likely N-dealkylation sites (tertiary alicyclic amines) is 1. The third-order valence-electron chi connectivity index (χ3n) is 6.83. The van der Waals surface area contributed by atoms with Gasteiger partial charge in [-0.1, -0.05) is 13.8 Å². The van der Waals surface area contributed by atoms with Crippen molar-refractivity contribution in [1.82, 2.24) is 19.9 Å². The maximum absolute atomic E-state index is 12.0. The first-order valence-electron chi connectivity index (χ1n) is 14.8. The molecule has 0 bridgehead atoms. The summed E-state index contributed by atoms with van der Waals surface area (Å²) in [7, 11) is 1.00. The lowest BCUT2D eigenvalue weighted by Crippen LogP contribution is -2.45. The Bertz CT molecular complexity index is 1380. The number of morpholine rings is 1. The SMILES string of the molecule is C#C.CC.CO.C[C@H](O)C(=O)N1CCC(Oc2ccc(-c3ncnc(Nc4ccc(N5CCOCC5)cc4)n3)cc2C#N)CC1. The molecule has 1 aromatic heterocycles. The van der Waals surface area contributed by atoms with Crippen molar-refractivity contribution in [3.63, 3.8) is 0 Å². The second-order valence-corrected chi connectivity index (χ2v) is 9.55. The Morgan fingerprint density at radius 3 is 2.31 bits per heavy atom. The fourth-order valence-corrected chi connectivity index (χ4v) is 4.70. The largest absolute Gasteiger partial charge is 0.489 e. The second-order valence-electron chi connectivity index (χ2n) is 9.55. The molecule has 5 rings (SSSR count). The number of aliphatic hydroxyl groups excluding tert-OH is 2. The van der Waals surface area contributed by atoms with Crippen LogP contribution in [0.4, 0.5) is 17.3 Å². The van der Waals surface area contributed by atoms with Gasteiger partial charge >= 0.3 is 0 Å². The molecule has 2 aromatic carbocycles. The van der Waals surface area contributed by atoms with Crippen molar-refractivity contribution < 1.29 is 24.5 Å². The molecule has 0 saturated carbocycles. The number of carbonyl (C=O) groups is 1. The number of hydrogen-bond acceptors (Lipinski definition) is 11. The highest BCUT2D eigenvalue weighted by atomic mass is 16.5. The van der Waals surface area contributed by atoms with E-state index in [2.05, 4.69) is 56.2 Å². The monoisotopic (exact) mass is 617 g/mol. The van der Waals surface area contributed by atoms with Gasteiger partial charge < -0.3 is 34.8 Å². The van der Waals surface area contributed by atoms with Gasteiger partial charge in [0.25, 0.3) is 5.91 Å². The Morgan fingerprint density at radius 2 is 1.71 bits per heavy atom. The number of aromatic nitrogens is 3. The van der Waals surface area contributed by atoms with Gasteiger partial charge in [0.1, 0.15) is 30.4 Å². The molecule has 0 radical (unpaired) electrons. The van der Waals surface area contributed by atoms with E-state index in [-0.39, 0.29) is 12.0 Å². The van der Waals surface area contributed by atoms with Crippen LogP contribution in [0.5, 0.6) is 5.75 Å². The highest BCUT2D eigenvalue weighted by Gasteiger charge is 2.26. The van der Waals surface area contributed by atoms with Crippen LogP contribution in [-0.4, -0.2) is 94.7 Å². The van der Waals surface area contributed by atoms with Crippen LogP contribution in [-0.2, 0) is 9.53 Å². The lowest BCUT2D eigenvalue weighted by atomic mass is 10.1. The highest BCUT2D eigenvalue weighted by molar-refractivity contribution is 5.80. The number of terminal acetylenes is 1. The fraction of sp³-hybridized carbons (Fsp3) is 0.424. The van der Waals surface area contributed by atoms with Crippen molar-refractivity contribution in [2.45, 2.75) is 45.8 Å². The summed E-state index contributed by atoms with van der Waals surface area (Å²) in [6, 6.07) is 15.6. The molecule has 0 spiro atoms. The number of anilines is 3. The quantitative estimate of drug-likeness (QED) is 0.333. The molecule has 45 heavy (non-hydrogen) atoms. The van der Waals surface area contributed by atoms with Gasteiger partial charge in [-0.05, 0) is 49.4 Å². The molecule has 0 unspecified atom stereocenters. The first-order chi connectivity index (χ1) is 22.0. The van der Waals surface area contributed by atoms with Crippen molar-refractivity contribution in [2.24, 2.45) is 0 Å². The van der Waals surface area contributed by atoms with Gasteiger partial charge in [0.05, 0.1) is 18.8 Å². The first-order valence-corrected chi connectivity index (χ1v) is 14.8. The van der Waals surface area contributed by atoms with E-state index in [1.807, 2.05) is 32.0 Å². The molecule has 2 aliphatic heterocycles. The summed E-state index contributed by atoms with van der Waals surface area (Å²) in [5, 5.41) is 29.5. The zero-order valence-corrected chi connectivity index (χ0v) is 26.4. The van der Waals surface area contributed by atoms with E-state index in [9.17, 15) is 15.2 Å². The average molecular weight is 618 g/mol. The number of nitrogens with zero attached hydrogens (tertiary/aromatic N) is 6. The molecule has 0 aliphatic carbocycles. The second kappa shape index (κ2) is 19.5. The molecular weight excluding hydrogens is 574 g/mol. The van der Waals surface area contributed by atoms with E-state index in [0.717, 1.165) is 44.8 Å². The number of piperidine rings is 1. The molecule has 1 amide bonds. The maximum Gasteiger partial charge on any atom is 0.251 e. The van der Waals surface area contributed by atoms with Gasteiger partial charge in [0.2, 0.25) is 5.95 Å². The molecule has 1 atom stereocenters. The molecule has 3 heterocycles. The molecule has 2 fully saturated rings. The van der Waals surface area contributed by atoms with E-state index in [1.165, 1.54) is 13.3 Å². The average Bonchev–Trinajstić information content (AvgIpc) is 3.12. The summed E-state index contributed by atoms with van der Waals surface area (Å²) in [6.45, 7) is 9.71. The minimum atomic E-state index is -1.01. The van der Waals surface area contributed by atoms with Crippen LogP contribution < -0.4 is 15.0 Å². The van der Waals surface area contributed by atoms with Gasteiger partial charge in [0, 0.05) is 63.1 Å². The Hall–Kier alpha value is -4.75. The van der Waals surface area contributed by atoms with E-state index < -0.39 is 6.10 Å². The van der Waals surface area contributed by atoms with E-state index >= 15 is 0 Å². The lowest BCUT2D eigenvalue weighted by Gasteiger charge is -2.33. The lowest BCUT2D eigenvalue weighted by molar-refractivity contribution is -0.141. The van der Waals surface area contributed by atoms with Crippen LogP contribution in [0.1, 0.15) is 39.2 Å². The molecule has 2 saturated heterocycles. The minimum absolute atomic E-state index is 0.122. The third-order valence-corrected chi connectivity index (χ3v) is 6.83. The minimum Gasteiger partial charge on any atom is -0.489 e. The molecular formula is C33H43N7O5. The highest BCUT2D eigenvalue weighted by Crippen LogP contribution is 2.28. The van der Waals surface area contributed by atoms with Crippen molar-refractivity contribution in [1.29, 1.82) is 5.26 Å². The summed E-state index contributed by atoms with van der Waals surface area (Å²) in [5.74, 6) is 1.04. The van der Waals surface area contributed by atoms with Crippen molar-refractivity contribution in [3.8, 4) is 36.1 Å². The summed E-state index contributed by atoms with van der Waals surface area (Å²) in [5.41, 5.74) is 3.05. The predicted octanol–water partition coefficient (Wildman–Crippen LogP) is 3.63. The number of carbonyl (C=O) groups excluding carboxylic acids is 1. The van der Waals surface area contributed by atoms with Crippen LogP contribution in [0.3, 0.4) is 0 Å². The molecule has 240 valence electrons. The fourth-order valence-electron chi connectivity index (χ4n) is 4.70. The Morgan fingerprint density at radius 1 is 1.07 bits per heavy atom. The number of aliphatic hydroxyl groups is 2. The Kier molecular flexibility index (Phi) is 15.8. The molecule has 12 heteroatoms. The Balaban J connectivity index is 0.00000111. The van der Waals surface area contributed by atoms with Crippen molar-refractivity contribution >= 4 is 23.2 Å². The van der Waals surface area contributed by atoms with Gasteiger partial charge in [-0.3, -0.25) is 4.79 Å². The molecule has 3 aromatic rings. The summed E-state index contributed by atoms with van der Waals surface area (Å²) < 4.78 is 11.5. The number of nitriles is 1. The van der Waals surface area contributed by atoms with Gasteiger partial charge in [-0.25, -0.2) is 9.97 Å². The zero-order valence-electron chi connectivity index (χ0n) is 26.4. The summed E-state index contributed by atoms with van der Waals surface area (Å²) in [6.07, 6.45) is 9.56. The zero-order chi connectivity index (χ0) is 33.2.